The summed E-state index contributed by atoms with van der Waals surface area (Å²) in [4.78, 5) is 0. The van der Waals surface area contributed by atoms with Gasteiger partial charge in [-0.25, -0.2) is 0 Å². The van der Waals surface area contributed by atoms with Gasteiger partial charge in [-0.05, 0) is 18.9 Å². The van der Waals surface area contributed by atoms with Crippen molar-refractivity contribution in [1.29, 1.82) is 0 Å². The molecular formula is C8H12O. The maximum Gasteiger partial charge on any atom is 0.0928 e. The average Bonchev–Trinajstić information content (AvgIpc) is 1.80. The molecule has 0 aromatic carbocycles. The van der Waals surface area contributed by atoms with Crippen LogP contribution in [0.15, 0.2) is 23.5 Å². The lowest BCUT2D eigenvalue weighted by Gasteiger charge is -2.14. The molecule has 0 amide bonds. The molecule has 1 heteroatoms. The van der Waals surface area contributed by atoms with Crippen molar-refractivity contribution in [2.75, 3.05) is 0 Å². The van der Waals surface area contributed by atoms with Crippen molar-refractivity contribution >= 4 is 0 Å². The second-order valence-corrected chi connectivity index (χ2v) is 2.67. The SMILES string of the molecule is CC1=CC=C(O)CC1C. The lowest BCUT2D eigenvalue weighted by atomic mass is 9.94. The fraction of sp³-hybridized carbons (Fsp3) is 0.500. The van der Waals surface area contributed by atoms with E-state index in [1.807, 2.05) is 6.08 Å². The molecule has 1 aliphatic rings. The largest absolute Gasteiger partial charge is 0.512 e. The summed E-state index contributed by atoms with van der Waals surface area (Å²) in [5, 5.41) is 9.01. The Morgan fingerprint density at radius 2 is 2.22 bits per heavy atom. The van der Waals surface area contributed by atoms with E-state index in [0.29, 0.717) is 11.7 Å². The third kappa shape index (κ3) is 1.35. The normalized spacial score (nSPS) is 27.1. The molecule has 0 aromatic rings. The minimum absolute atomic E-state index is 0.508. The molecule has 50 valence electrons. The third-order valence-electron chi connectivity index (χ3n) is 1.83. The van der Waals surface area contributed by atoms with Crippen molar-refractivity contribution < 1.29 is 5.11 Å². The summed E-state index contributed by atoms with van der Waals surface area (Å²) in [5.41, 5.74) is 1.35. The van der Waals surface area contributed by atoms with Crippen LogP contribution >= 0.6 is 0 Å². The van der Waals surface area contributed by atoms with E-state index in [0.717, 1.165) is 6.42 Å². The van der Waals surface area contributed by atoms with Crippen molar-refractivity contribution in [3.05, 3.63) is 23.5 Å². The quantitative estimate of drug-likeness (QED) is 0.525. The molecule has 0 aliphatic heterocycles. The summed E-state index contributed by atoms with van der Waals surface area (Å²) in [6, 6.07) is 0. The highest BCUT2D eigenvalue weighted by Crippen LogP contribution is 2.21. The third-order valence-corrected chi connectivity index (χ3v) is 1.83. The van der Waals surface area contributed by atoms with Crippen molar-refractivity contribution in [1.82, 2.24) is 0 Å². The summed E-state index contributed by atoms with van der Waals surface area (Å²) < 4.78 is 0. The topological polar surface area (TPSA) is 20.2 Å². The number of allylic oxidation sites excluding steroid dienone is 4. The highest BCUT2D eigenvalue weighted by Gasteiger charge is 2.09. The van der Waals surface area contributed by atoms with Gasteiger partial charge in [-0.3, -0.25) is 0 Å². The lowest BCUT2D eigenvalue weighted by molar-refractivity contribution is 0.365. The Morgan fingerprint density at radius 3 is 2.67 bits per heavy atom. The Kier molecular flexibility index (Phi) is 1.60. The maximum absolute atomic E-state index is 9.01. The number of hydrogen-bond donors (Lipinski definition) is 1. The van der Waals surface area contributed by atoms with Gasteiger partial charge in [0, 0.05) is 6.42 Å². The molecule has 0 aromatic heterocycles. The van der Waals surface area contributed by atoms with Gasteiger partial charge in [0.15, 0.2) is 0 Å². The first-order valence-electron chi connectivity index (χ1n) is 3.26. The van der Waals surface area contributed by atoms with Crippen LogP contribution < -0.4 is 0 Å². The van der Waals surface area contributed by atoms with E-state index < -0.39 is 0 Å². The van der Waals surface area contributed by atoms with Gasteiger partial charge < -0.3 is 5.11 Å². The fourth-order valence-corrected chi connectivity index (χ4v) is 0.935. The predicted molar refractivity (Wildman–Crippen MR) is 38.2 cm³/mol. The maximum atomic E-state index is 9.01. The monoisotopic (exact) mass is 124 g/mol. The van der Waals surface area contributed by atoms with Gasteiger partial charge in [0.25, 0.3) is 0 Å². The van der Waals surface area contributed by atoms with Crippen molar-refractivity contribution in [3.63, 3.8) is 0 Å². The van der Waals surface area contributed by atoms with Crippen molar-refractivity contribution in [2.24, 2.45) is 5.92 Å². The molecule has 1 unspecified atom stereocenters. The van der Waals surface area contributed by atoms with Crippen LogP contribution in [-0.2, 0) is 0 Å². The Hall–Kier alpha value is -0.720. The first-order valence-corrected chi connectivity index (χ1v) is 3.26. The molecule has 1 nitrogen and oxygen atoms in total. The van der Waals surface area contributed by atoms with E-state index in [-0.39, 0.29) is 0 Å². The minimum atomic E-state index is 0.508. The molecule has 1 aliphatic carbocycles. The first-order chi connectivity index (χ1) is 4.20. The summed E-state index contributed by atoms with van der Waals surface area (Å²) in [5.74, 6) is 1.03. The van der Waals surface area contributed by atoms with Crippen LogP contribution in [0.1, 0.15) is 20.3 Å². The molecule has 0 saturated heterocycles. The molecule has 0 spiro atoms. The standard InChI is InChI=1S/C8H12O/c1-6-3-4-8(9)5-7(6)2/h3-4,7,9H,5H2,1-2H3. The zero-order valence-electron chi connectivity index (χ0n) is 5.89. The second kappa shape index (κ2) is 2.26. The lowest BCUT2D eigenvalue weighted by Crippen LogP contribution is -2.01. The van der Waals surface area contributed by atoms with Crippen LogP contribution in [0.2, 0.25) is 0 Å². The smallest absolute Gasteiger partial charge is 0.0928 e. The Morgan fingerprint density at radius 1 is 1.56 bits per heavy atom. The Labute approximate surface area is 55.7 Å². The van der Waals surface area contributed by atoms with Gasteiger partial charge in [0.1, 0.15) is 0 Å². The number of hydrogen-bond acceptors (Lipinski definition) is 1. The molecule has 0 bridgehead atoms. The average molecular weight is 124 g/mol. The molecular weight excluding hydrogens is 112 g/mol. The van der Waals surface area contributed by atoms with E-state index in [1.165, 1.54) is 5.57 Å². The number of aliphatic hydroxyl groups excluding tert-OH is 1. The molecule has 1 atom stereocenters. The van der Waals surface area contributed by atoms with Gasteiger partial charge >= 0.3 is 0 Å². The van der Waals surface area contributed by atoms with E-state index in [4.69, 9.17) is 5.11 Å². The van der Waals surface area contributed by atoms with Gasteiger partial charge in [0.05, 0.1) is 5.76 Å². The van der Waals surface area contributed by atoms with Crippen LogP contribution in [0.25, 0.3) is 0 Å². The van der Waals surface area contributed by atoms with Gasteiger partial charge in [-0.1, -0.05) is 18.6 Å². The Balaban J connectivity index is 2.74. The second-order valence-electron chi connectivity index (χ2n) is 2.67. The fourth-order valence-electron chi connectivity index (χ4n) is 0.935. The first kappa shape index (κ1) is 6.40. The number of aliphatic hydroxyl groups is 1. The molecule has 0 saturated carbocycles. The van der Waals surface area contributed by atoms with Crippen LogP contribution in [0.3, 0.4) is 0 Å². The summed E-state index contributed by atoms with van der Waals surface area (Å²) in [7, 11) is 0. The van der Waals surface area contributed by atoms with E-state index >= 15 is 0 Å². The van der Waals surface area contributed by atoms with Gasteiger partial charge in [-0.15, -0.1) is 0 Å². The van der Waals surface area contributed by atoms with Gasteiger partial charge in [0.2, 0.25) is 0 Å². The summed E-state index contributed by atoms with van der Waals surface area (Å²) in [6.45, 7) is 4.21. The van der Waals surface area contributed by atoms with Crippen LogP contribution in [0.5, 0.6) is 0 Å². The molecule has 0 heterocycles. The van der Waals surface area contributed by atoms with Gasteiger partial charge in [-0.2, -0.15) is 0 Å². The number of rotatable bonds is 0. The molecule has 9 heavy (non-hydrogen) atoms. The highest BCUT2D eigenvalue weighted by atomic mass is 16.3. The summed E-state index contributed by atoms with van der Waals surface area (Å²) >= 11 is 0. The van der Waals surface area contributed by atoms with E-state index in [1.54, 1.807) is 6.08 Å². The van der Waals surface area contributed by atoms with Crippen LogP contribution in [0, 0.1) is 5.92 Å². The minimum Gasteiger partial charge on any atom is -0.512 e. The van der Waals surface area contributed by atoms with Crippen molar-refractivity contribution in [2.45, 2.75) is 20.3 Å². The van der Waals surface area contributed by atoms with Crippen molar-refractivity contribution in [3.8, 4) is 0 Å². The predicted octanol–water partition coefficient (Wildman–Crippen LogP) is 2.41. The van der Waals surface area contributed by atoms with E-state index in [9.17, 15) is 0 Å². The zero-order chi connectivity index (χ0) is 6.85. The molecule has 1 rings (SSSR count). The Bertz CT molecular complexity index is 165. The van der Waals surface area contributed by atoms with Crippen LogP contribution in [-0.4, -0.2) is 5.11 Å². The molecule has 0 radical (unpaired) electrons. The van der Waals surface area contributed by atoms with Crippen LogP contribution in [0.4, 0.5) is 0 Å². The zero-order valence-corrected chi connectivity index (χ0v) is 5.89. The molecule has 1 N–H and O–H groups in total. The van der Waals surface area contributed by atoms with E-state index in [2.05, 4.69) is 13.8 Å². The molecule has 0 fully saturated rings. The highest BCUT2D eigenvalue weighted by molar-refractivity contribution is 5.20. The summed E-state index contributed by atoms with van der Waals surface area (Å²) in [6.07, 6.45) is 4.56.